The number of carbonyl (C=O) groups is 2. The van der Waals surface area contributed by atoms with Gasteiger partial charge in [0.15, 0.2) is 17.4 Å². The van der Waals surface area contributed by atoms with E-state index in [9.17, 15) is 27.2 Å². The minimum Gasteiger partial charge on any atom is -0.481 e. The third-order valence-corrected chi connectivity index (χ3v) is 3.78. The number of rotatable bonds is 2. The molecule has 0 amide bonds. The van der Waals surface area contributed by atoms with Crippen LogP contribution < -0.4 is 4.90 Å². The summed E-state index contributed by atoms with van der Waals surface area (Å²) >= 11 is 0. The molecule has 4 nitrogen and oxygen atoms in total. The highest BCUT2D eigenvalue weighted by Crippen LogP contribution is 2.38. The third kappa shape index (κ3) is 2.49. The molecule has 0 aromatic heterocycles. The van der Waals surface area contributed by atoms with Gasteiger partial charge in [0.25, 0.3) is 0 Å². The van der Waals surface area contributed by atoms with Gasteiger partial charge in [0.1, 0.15) is 17.6 Å². The van der Waals surface area contributed by atoms with Crippen molar-refractivity contribution in [2.75, 3.05) is 11.4 Å². The molecular weight excluding hydrogens is 330 g/mol. The van der Waals surface area contributed by atoms with Gasteiger partial charge in [-0.05, 0) is 18.2 Å². The third-order valence-electron chi connectivity index (χ3n) is 3.78. The van der Waals surface area contributed by atoms with Crippen LogP contribution in [-0.4, -0.2) is 23.4 Å². The molecule has 1 atom stereocenters. The Morgan fingerprint density at radius 1 is 1.00 bits per heavy atom. The van der Waals surface area contributed by atoms with Gasteiger partial charge in [0, 0.05) is 24.2 Å². The SMILES string of the molecule is O=C(O)C1CN(c2ccc(F)cc2F)c2cc(F)c(F)cc2C1=O. The monoisotopic (exact) mass is 339 g/mol. The van der Waals surface area contributed by atoms with Gasteiger partial charge in [-0.15, -0.1) is 0 Å². The number of fused-ring (bicyclic) bond motifs is 1. The van der Waals surface area contributed by atoms with E-state index in [0.29, 0.717) is 18.2 Å². The molecule has 2 aromatic carbocycles. The van der Waals surface area contributed by atoms with Gasteiger partial charge in [-0.25, -0.2) is 17.6 Å². The molecule has 0 spiro atoms. The standard InChI is InChI=1S/C16H9F4NO3/c17-7-1-2-13(12(20)3-7)21-6-9(16(23)24)15(22)8-4-10(18)11(19)5-14(8)21/h1-5,9H,6H2,(H,23,24). The highest BCUT2D eigenvalue weighted by molar-refractivity contribution is 6.14. The van der Waals surface area contributed by atoms with E-state index < -0.39 is 47.5 Å². The van der Waals surface area contributed by atoms with Crippen LogP contribution in [0.3, 0.4) is 0 Å². The van der Waals surface area contributed by atoms with E-state index in [-0.39, 0.29) is 16.9 Å². The fourth-order valence-corrected chi connectivity index (χ4v) is 2.63. The summed E-state index contributed by atoms with van der Waals surface area (Å²) in [6.45, 7) is -0.491. The average Bonchev–Trinajstić information content (AvgIpc) is 2.50. The molecule has 0 radical (unpaired) electrons. The quantitative estimate of drug-likeness (QED) is 0.674. The van der Waals surface area contributed by atoms with Crippen molar-refractivity contribution in [1.29, 1.82) is 0 Å². The summed E-state index contributed by atoms with van der Waals surface area (Å²) in [6, 6.07) is 3.80. The summed E-state index contributed by atoms with van der Waals surface area (Å²) in [7, 11) is 0. The van der Waals surface area contributed by atoms with Gasteiger partial charge in [0.05, 0.1) is 11.4 Å². The van der Waals surface area contributed by atoms with Crippen molar-refractivity contribution in [3.8, 4) is 0 Å². The lowest BCUT2D eigenvalue weighted by Gasteiger charge is -2.33. The van der Waals surface area contributed by atoms with Crippen LogP contribution in [0.15, 0.2) is 30.3 Å². The number of aliphatic carboxylic acids is 1. The molecule has 8 heteroatoms. The lowest BCUT2D eigenvalue weighted by atomic mass is 9.90. The summed E-state index contributed by atoms with van der Waals surface area (Å²) in [5, 5.41) is 9.17. The molecule has 0 saturated heterocycles. The summed E-state index contributed by atoms with van der Waals surface area (Å²) in [4.78, 5) is 24.5. The smallest absolute Gasteiger partial charge is 0.316 e. The van der Waals surface area contributed by atoms with Crippen LogP contribution in [0.2, 0.25) is 0 Å². The number of hydrogen-bond acceptors (Lipinski definition) is 3. The van der Waals surface area contributed by atoms with Crippen LogP contribution in [0.1, 0.15) is 10.4 Å². The maximum absolute atomic E-state index is 14.1. The van der Waals surface area contributed by atoms with Gasteiger partial charge in [0.2, 0.25) is 0 Å². The van der Waals surface area contributed by atoms with Crippen molar-refractivity contribution in [3.05, 3.63) is 59.2 Å². The molecule has 1 aliphatic rings. The second-order valence-electron chi connectivity index (χ2n) is 5.24. The average molecular weight is 339 g/mol. The zero-order valence-corrected chi connectivity index (χ0v) is 11.9. The molecule has 24 heavy (non-hydrogen) atoms. The maximum Gasteiger partial charge on any atom is 0.316 e. The van der Waals surface area contributed by atoms with Crippen molar-refractivity contribution < 1.29 is 32.3 Å². The lowest BCUT2D eigenvalue weighted by molar-refractivity contribution is -0.139. The van der Waals surface area contributed by atoms with Crippen molar-refractivity contribution in [2.24, 2.45) is 5.92 Å². The van der Waals surface area contributed by atoms with Gasteiger partial charge in [-0.1, -0.05) is 0 Å². The first kappa shape index (κ1) is 16.0. The summed E-state index contributed by atoms with van der Waals surface area (Å²) < 4.78 is 54.1. The molecular formula is C16H9F4NO3. The lowest BCUT2D eigenvalue weighted by Crippen LogP contribution is -2.41. The molecule has 2 aromatic rings. The van der Waals surface area contributed by atoms with Crippen LogP contribution in [0.4, 0.5) is 28.9 Å². The summed E-state index contributed by atoms with van der Waals surface area (Å²) in [5.74, 6) is -8.46. The predicted molar refractivity (Wildman–Crippen MR) is 75.2 cm³/mol. The van der Waals surface area contributed by atoms with E-state index in [1.807, 2.05) is 0 Å². The normalized spacial score (nSPS) is 16.9. The minimum atomic E-state index is -1.59. The first-order valence-electron chi connectivity index (χ1n) is 6.78. The predicted octanol–water partition coefficient (Wildman–Crippen LogP) is 3.28. The Morgan fingerprint density at radius 3 is 2.29 bits per heavy atom. The number of carboxylic acid groups (broad SMARTS) is 1. The molecule has 0 bridgehead atoms. The molecule has 0 aliphatic carbocycles. The number of Topliss-reactive ketones (excluding diaryl/α,β-unsaturated/α-hetero) is 1. The highest BCUT2D eigenvalue weighted by atomic mass is 19.2. The Hall–Kier alpha value is -2.90. The van der Waals surface area contributed by atoms with E-state index in [1.54, 1.807) is 0 Å². The maximum atomic E-state index is 14.1. The molecule has 1 unspecified atom stereocenters. The largest absolute Gasteiger partial charge is 0.481 e. The van der Waals surface area contributed by atoms with Gasteiger partial charge in [-0.2, -0.15) is 0 Å². The zero-order valence-electron chi connectivity index (χ0n) is 11.9. The van der Waals surface area contributed by atoms with Crippen LogP contribution in [0, 0.1) is 29.2 Å². The number of halogens is 4. The summed E-state index contributed by atoms with van der Waals surface area (Å²) in [5.41, 5.74) is -0.805. The zero-order chi connectivity index (χ0) is 17.6. The van der Waals surface area contributed by atoms with Crippen molar-refractivity contribution >= 4 is 23.1 Å². The molecule has 1 N–H and O–H groups in total. The fraction of sp³-hybridized carbons (Fsp3) is 0.125. The number of ketones is 1. The minimum absolute atomic E-state index is 0.179. The topological polar surface area (TPSA) is 57.6 Å². The molecule has 124 valence electrons. The van der Waals surface area contributed by atoms with Crippen molar-refractivity contribution in [2.45, 2.75) is 0 Å². The molecule has 1 aliphatic heterocycles. The number of anilines is 2. The number of carbonyl (C=O) groups excluding carboxylic acids is 1. The molecule has 3 rings (SSSR count). The molecule has 0 fully saturated rings. The van der Waals surface area contributed by atoms with E-state index in [0.717, 1.165) is 17.0 Å². The van der Waals surface area contributed by atoms with Crippen LogP contribution in [0.25, 0.3) is 0 Å². The Balaban J connectivity index is 2.23. The molecule has 1 heterocycles. The second kappa shape index (κ2) is 5.63. The number of hydrogen-bond donors (Lipinski definition) is 1. The fourth-order valence-electron chi connectivity index (χ4n) is 2.63. The number of carboxylic acids is 1. The Kier molecular flexibility index (Phi) is 3.75. The number of nitrogens with zero attached hydrogens (tertiary/aromatic N) is 1. The van der Waals surface area contributed by atoms with Crippen molar-refractivity contribution in [1.82, 2.24) is 0 Å². The van der Waals surface area contributed by atoms with Crippen LogP contribution >= 0.6 is 0 Å². The summed E-state index contributed by atoms with van der Waals surface area (Å²) in [6.07, 6.45) is 0. The highest BCUT2D eigenvalue weighted by Gasteiger charge is 2.38. The van der Waals surface area contributed by atoms with E-state index in [1.165, 1.54) is 0 Å². The first-order chi connectivity index (χ1) is 11.3. The van der Waals surface area contributed by atoms with E-state index in [2.05, 4.69) is 0 Å². The van der Waals surface area contributed by atoms with E-state index in [4.69, 9.17) is 5.11 Å². The van der Waals surface area contributed by atoms with Crippen LogP contribution in [0.5, 0.6) is 0 Å². The van der Waals surface area contributed by atoms with E-state index >= 15 is 0 Å². The Labute approximate surface area is 132 Å². The van der Waals surface area contributed by atoms with Gasteiger partial charge >= 0.3 is 5.97 Å². The number of benzene rings is 2. The second-order valence-corrected chi connectivity index (χ2v) is 5.24. The first-order valence-corrected chi connectivity index (χ1v) is 6.78. The van der Waals surface area contributed by atoms with Crippen LogP contribution in [-0.2, 0) is 4.79 Å². The van der Waals surface area contributed by atoms with Gasteiger partial charge in [-0.3, -0.25) is 9.59 Å². The Morgan fingerprint density at radius 2 is 1.67 bits per heavy atom. The Bertz CT molecular complexity index is 869. The van der Waals surface area contributed by atoms with Gasteiger partial charge < -0.3 is 10.0 Å². The molecule has 0 saturated carbocycles. The van der Waals surface area contributed by atoms with Crippen molar-refractivity contribution in [3.63, 3.8) is 0 Å².